The summed E-state index contributed by atoms with van der Waals surface area (Å²) in [4.78, 5) is 2.45. The van der Waals surface area contributed by atoms with Crippen LogP contribution >= 0.6 is 0 Å². The van der Waals surface area contributed by atoms with Crippen LogP contribution < -0.4 is 5.32 Å². The van der Waals surface area contributed by atoms with Crippen molar-refractivity contribution < 1.29 is 4.39 Å². The van der Waals surface area contributed by atoms with Crippen LogP contribution in [0.2, 0.25) is 0 Å². The summed E-state index contributed by atoms with van der Waals surface area (Å²) in [7, 11) is 2.21. The maximum Gasteiger partial charge on any atom is 0.123 e. The molecule has 2 unspecified atom stereocenters. The first kappa shape index (κ1) is 14.8. The molecule has 1 N–H and O–H groups in total. The summed E-state index contributed by atoms with van der Waals surface area (Å²) in [5.41, 5.74) is 2.05. The van der Waals surface area contributed by atoms with Crippen LogP contribution in [-0.2, 0) is 6.54 Å². The van der Waals surface area contributed by atoms with Crippen molar-refractivity contribution in [1.29, 1.82) is 0 Å². The Labute approximate surface area is 136 Å². The maximum absolute atomic E-state index is 13.1. The van der Waals surface area contributed by atoms with E-state index in [0.717, 1.165) is 17.9 Å². The van der Waals surface area contributed by atoms with Crippen LogP contribution in [0, 0.1) is 5.82 Å². The minimum absolute atomic E-state index is 0.218. The quantitative estimate of drug-likeness (QED) is 0.942. The molecule has 2 saturated heterocycles. The second kappa shape index (κ2) is 6.06. The molecule has 0 saturated carbocycles. The van der Waals surface area contributed by atoms with E-state index in [-0.39, 0.29) is 5.82 Å². The average Bonchev–Trinajstić information content (AvgIpc) is 3.14. The van der Waals surface area contributed by atoms with E-state index >= 15 is 0 Å². The van der Waals surface area contributed by atoms with Gasteiger partial charge in [0.25, 0.3) is 0 Å². The monoisotopic (exact) mass is 314 g/mol. The van der Waals surface area contributed by atoms with Crippen LogP contribution in [0.15, 0.2) is 36.5 Å². The molecule has 0 amide bonds. The Morgan fingerprint density at radius 2 is 1.87 bits per heavy atom. The van der Waals surface area contributed by atoms with E-state index < -0.39 is 0 Å². The smallest absolute Gasteiger partial charge is 0.123 e. The number of hydrogen-bond donors (Lipinski definition) is 1. The van der Waals surface area contributed by atoms with E-state index in [0.29, 0.717) is 18.1 Å². The zero-order valence-corrected chi connectivity index (χ0v) is 13.5. The molecule has 2 aliphatic rings. The van der Waals surface area contributed by atoms with Gasteiger partial charge in [-0.05, 0) is 63.1 Å². The van der Waals surface area contributed by atoms with Crippen LogP contribution in [0.3, 0.4) is 0 Å². The third kappa shape index (κ3) is 3.03. The molecule has 2 bridgehead atoms. The topological polar surface area (TPSA) is 33.1 Å². The van der Waals surface area contributed by atoms with Gasteiger partial charge in [-0.15, -0.1) is 0 Å². The van der Waals surface area contributed by atoms with Crippen LogP contribution in [0.25, 0.3) is 5.69 Å². The SMILES string of the molecule is CN(Cc1ccnn1-c1ccc(F)cc1)C1CC2CCC(C1)N2. The number of aromatic nitrogens is 2. The minimum atomic E-state index is -0.218. The largest absolute Gasteiger partial charge is 0.311 e. The van der Waals surface area contributed by atoms with Crippen LogP contribution in [-0.4, -0.2) is 39.9 Å². The van der Waals surface area contributed by atoms with Gasteiger partial charge in [0.2, 0.25) is 0 Å². The van der Waals surface area contributed by atoms with E-state index in [1.807, 2.05) is 10.9 Å². The van der Waals surface area contributed by atoms with Gasteiger partial charge < -0.3 is 5.32 Å². The van der Waals surface area contributed by atoms with Gasteiger partial charge in [-0.3, -0.25) is 4.90 Å². The first-order chi connectivity index (χ1) is 11.2. The van der Waals surface area contributed by atoms with E-state index in [2.05, 4.69) is 28.4 Å². The van der Waals surface area contributed by atoms with Crippen LogP contribution in [0.1, 0.15) is 31.4 Å². The van der Waals surface area contributed by atoms with Crippen molar-refractivity contribution in [2.45, 2.75) is 50.4 Å². The highest BCUT2D eigenvalue weighted by atomic mass is 19.1. The molecule has 0 spiro atoms. The highest BCUT2D eigenvalue weighted by Crippen LogP contribution is 2.30. The van der Waals surface area contributed by atoms with E-state index in [1.165, 1.54) is 37.8 Å². The summed E-state index contributed by atoms with van der Waals surface area (Å²) < 4.78 is 15.0. The standard InChI is InChI=1S/C18H23FN4/c1-22(18-10-14-4-5-15(11-18)21-14)12-17-8-9-20-23(17)16-6-2-13(19)3-7-16/h2-3,6-9,14-15,18,21H,4-5,10-12H2,1H3. The van der Waals surface area contributed by atoms with E-state index in [9.17, 15) is 4.39 Å². The molecule has 0 aliphatic carbocycles. The highest BCUT2D eigenvalue weighted by Gasteiger charge is 2.35. The van der Waals surface area contributed by atoms with Crippen molar-refractivity contribution >= 4 is 0 Å². The molecule has 1 aromatic heterocycles. The molecule has 4 nitrogen and oxygen atoms in total. The minimum Gasteiger partial charge on any atom is -0.311 e. The van der Waals surface area contributed by atoms with Gasteiger partial charge in [0.15, 0.2) is 0 Å². The molecule has 2 aliphatic heterocycles. The van der Waals surface area contributed by atoms with Crippen molar-refractivity contribution in [3.8, 4) is 5.69 Å². The number of halogens is 1. The fraction of sp³-hybridized carbons (Fsp3) is 0.500. The van der Waals surface area contributed by atoms with Crippen molar-refractivity contribution in [1.82, 2.24) is 20.0 Å². The molecule has 3 heterocycles. The van der Waals surface area contributed by atoms with Crippen molar-refractivity contribution in [2.24, 2.45) is 0 Å². The third-order valence-electron chi connectivity index (χ3n) is 5.28. The fourth-order valence-corrected chi connectivity index (χ4v) is 4.04. The lowest BCUT2D eigenvalue weighted by Gasteiger charge is -2.35. The predicted octanol–water partition coefficient (Wildman–Crippen LogP) is 2.73. The lowest BCUT2D eigenvalue weighted by molar-refractivity contribution is 0.163. The Bertz CT molecular complexity index is 654. The van der Waals surface area contributed by atoms with Gasteiger partial charge in [0.05, 0.1) is 11.4 Å². The number of piperidine rings is 1. The lowest BCUT2D eigenvalue weighted by Crippen LogP contribution is -2.46. The Morgan fingerprint density at radius 1 is 1.17 bits per heavy atom. The molecule has 2 aromatic rings. The maximum atomic E-state index is 13.1. The molecule has 1 aromatic carbocycles. The molecule has 5 heteroatoms. The summed E-state index contributed by atoms with van der Waals surface area (Å²) in [6, 6.07) is 10.6. The molecule has 23 heavy (non-hydrogen) atoms. The fourth-order valence-electron chi connectivity index (χ4n) is 4.04. The molecule has 4 rings (SSSR count). The van der Waals surface area contributed by atoms with Crippen molar-refractivity contribution in [3.63, 3.8) is 0 Å². The van der Waals surface area contributed by atoms with Crippen molar-refractivity contribution in [2.75, 3.05) is 7.05 Å². The number of benzene rings is 1. The zero-order chi connectivity index (χ0) is 15.8. The summed E-state index contributed by atoms with van der Waals surface area (Å²) in [6.45, 7) is 0.863. The third-order valence-corrected chi connectivity index (χ3v) is 5.28. The molecule has 2 atom stereocenters. The Kier molecular flexibility index (Phi) is 3.91. The average molecular weight is 314 g/mol. The predicted molar refractivity (Wildman–Crippen MR) is 88.0 cm³/mol. The summed E-state index contributed by atoms with van der Waals surface area (Å²) >= 11 is 0. The number of rotatable bonds is 4. The molecule has 2 fully saturated rings. The summed E-state index contributed by atoms with van der Waals surface area (Å²) in [5, 5.41) is 8.11. The number of nitrogens with zero attached hydrogens (tertiary/aromatic N) is 3. The zero-order valence-electron chi connectivity index (χ0n) is 13.5. The summed E-state index contributed by atoms with van der Waals surface area (Å²) in [5.74, 6) is -0.218. The summed E-state index contributed by atoms with van der Waals surface area (Å²) in [6.07, 6.45) is 6.93. The molecule has 0 radical (unpaired) electrons. The number of nitrogens with one attached hydrogen (secondary N) is 1. The highest BCUT2D eigenvalue weighted by molar-refractivity contribution is 5.32. The van der Waals surface area contributed by atoms with E-state index in [1.54, 1.807) is 12.1 Å². The van der Waals surface area contributed by atoms with Crippen LogP contribution in [0.5, 0.6) is 0 Å². The van der Waals surface area contributed by atoms with Gasteiger partial charge >= 0.3 is 0 Å². The second-order valence-corrected chi connectivity index (χ2v) is 6.89. The van der Waals surface area contributed by atoms with Gasteiger partial charge in [-0.2, -0.15) is 5.10 Å². The Balaban J connectivity index is 1.49. The van der Waals surface area contributed by atoms with Gasteiger partial charge in [-0.1, -0.05) is 0 Å². The van der Waals surface area contributed by atoms with Gasteiger partial charge in [-0.25, -0.2) is 9.07 Å². The molecular formula is C18H23FN4. The Hall–Kier alpha value is -1.72. The lowest BCUT2D eigenvalue weighted by atomic mass is 9.98. The molecule has 122 valence electrons. The van der Waals surface area contributed by atoms with E-state index in [4.69, 9.17) is 0 Å². The first-order valence-corrected chi connectivity index (χ1v) is 8.44. The van der Waals surface area contributed by atoms with Crippen LogP contribution in [0.4, 0.5) is 4.39 Å². The normalized spacial score (nSPS) is 26.8. The van der Waals surface area contributed by atoms with Gasteiger partial charge in [0, 0.05) is 30.9 Å². The molecular weight excluding hydrogens is 291 g/mol. The van der Waals surface area contributed by atoms with Gasteiger partial charge in [0.1, 0.15) is 5.82 Å². The second-order valence-electron chi connectivity index (χ2n) is 6.89. The Morgan fingerprint density at radius 3 is 2.57 bits per heavy atom. The number of hydrogen-bond acceptors (Lipinski definition) is 3. The first-order valence-electron chi connectivity index (χ1n) is 8.44. The van der Waals surface area contributed by atoms with Crippen molar-refractivity contribution in [3.05, 3.63) is 48.0 Å². The number of fused-ring (bicyclic) bond motifs is 2.